The molecule has 0 unspecified atom stereocenters. The van der Waals surface area contributed by atoms with Crippen molar-refractivity contribution in [2.75, 3.05) is 52.5 Å². The van der Waals surface area contributed by atoms with Gasteiger partial charge in [-0.05, 0) is 31.2 Å². The Morgan fingerprint density at radius 2 is 1.80 bits per heavy atom. The molecule has 1 heterocycles. The van der Waals surface area contributed by atoms with Crippen LogP contribution in [0.1, 0.15) is 17.3 Å². The van der Waals surface area contributed by atoms with Gasteiger partial charge in [0.05, 0.1) is 5.02 Å². The molecule has 0 amide bonds. The highest BCUT2D eigenvalue weighted by atomic mass is 35.5. The number of halogens is 1. The fraction of sp³-hybridized carbons (Fsp3) is 0.435. The summed E-state index contributed by atoms with van der Waals surface area (Å²) >= 11 is 6.11. The van der Waals surface area contributed by atoms with Crippen LogP contribution in [0.3, 0.4) is 0 Å². The van der Waals surface area contributed by atoms with Crippen molar-refractivity contribution in [2.45, 2.75) is 13.0 Å². The summed E-state index contributed by atoms with van der Waals surface area (Å²) < 4.78 is 11.4. The van der Waals surface area contributed by atoms with Crippen molar-refractivity contribution in [2.24, 2.45) is 0 Å². The van der Waals surface area contributed by atoms with Crippen LogP contribution in [0, 0.1) is 0 Å². The summed E-state index contributed by atoms with van der Waals surface area (Å²) in [5, 5.41) is 11.0. The number of β-amino-alcohol motifs (C(OH)–C–C–N with tert-alkyl or cyclic N) is 1. The fourth-order valence-corrected chi connectivity index (χ4v) is 3.58. The third kappa shape index (κ3) is 6.99. The van der Waals surface area contributed by atoms with E-state index in [1.165, 1.54) is 6.92 Å². The van der Waals surface area contributed by atoms with Gasteiger partial charge in [-0.2, -0.15) is 0 Å². The molecule has 6 nitrogen and oxygen atoms in total. The molecule has 7 heteroatoms. The van der Waals surface area contributed by atoms with Crippen molar-refractivity contribution >= 4 is 17.4 Å². The number of para-hydroxylation sites is 1. The van der Waals surface area contributed by atoms with Crippen molar-refractivity contribution in [3.8, 4) is 11.5 Å². The number of benzene rings is 2. The Labute approximate surface area is 183 Å². The summed E-state index contributed by atoms with van der Waals surface area (Å²) in [6.45, 7) is 7.38. The van der Waals surface area contributed by atoms with Crippen molar-refractivity contribution in [1.29, 1.82) is 0 Å². The SMILES string of the molecule is CC(=O)c1cccc(OC[C@@H](O)CN2CCN(CCOc3ccccc3Cl)CC2)c1. The first-order chi connectivity index (χ1) is 14.5. The number of hydrogen-bond donors (Lipinski definition) is 1. The van der Waals surface area contributed by atoms with Gasteiger partial charge in [0.1, 0.15) is 30.8 Å². The Morgan fingerprint density at radius 1 is 1.07 bits per heavy atom. The van der Waals surface area contributed by atoms with Gasteiger partial charge in [-0.1, -0.05) is 35.9 Å². The lowest BCUT2D eigenvalue weighted by Crippen LogP contribution is -2.50. The Balaban J connectivity index is 1.32. The van der Waals surface area contributed by atoms with Gasteiger partial charge >= 0.3 is 0 Å². The quantitative estimate of drug-likeness (QED) is 0.582. The standard InChI is InChI=1S/C23H29ClN2O4/c1-18(27)19-5-4-6-21(15-19)30-17-20(28)16-26-11-9-25(10-12-26)13-14-29-23-8-3-2-7-22(23)24/h2-8,15,20,28H,9-14,16-17H2,1H3/t20-/m0/s1. The number of ether oxygens (including phenoxy) is 2. The van der Waals surface area contributed by atoms with E-state index in [-0.39, 0.29) is 12.4 Å². The first-order valence-corrected chi connectivity index (χ1v) is 10.6. The summed E-state index contributed by atoms with van der Waals surface area (Å²) in [5.74, 6) is 1.32. The molecule has 0 spiro atoms. The van der Waals surface area contributed by atoms with Crippen LogP contribution in [0.4, 0.5) is 0 Å². The highest BCUT2D eigenvalue weighted by molar-refractivity contribution is 6.32. The van der Waals surface area contributed by atoms with Crippen LogP contribution < -0.4 is 9.47 Å². The number of hydrogen-bond acceptors (Lipinski definition) is 6. The van der Waals surface area contributed by atoms with Crippen LogP contribution in [0.2, 0.25) is 5.02 Å². The number of Topliss-reactive ketones (excluding diaryl/α,β-unsaturated/α-hetero) is 1. The summed E-state index contributed by atoms with van der Waals surface area (Å²) in [5.41, 5.74) is 0.608. The molecule has 1 atom stereocenters. The van der Waals surface area contributed by atoms with Crippen molar-refractivity contribution in [3.63, 3.8) is 0 Å². The molecule has 0 bridgehead atoms. The summed E-state index contributed by atoms with van der Waals surface area (Å²) in [7, 11) is 0. The maximum absolute atomic E-state index is 11.4. The van der Waals surface area contributed by atoms with Gasteiger partial charge in [0, 0.05) is 44.8 Å². The molecular formula is C23H29ClN2O4. The molecule has 0 aliphatic carbocycles. The molecule has 30 heavy (non-hydrogen) atoms. The van der Waals surface area contributed by atoms with Crippen molar-refractivity contribution in [3.05, 3.63) is 59.1 Å². The molecule has 0 radical (unpaired) electrons. The van der Waals surface area contributed by atoms with Gasteiger partial charge in [0.15, 0.2) is 5.78 Å². The highest BCUT2D eigenvalue weighted by Crippen LogP contribution is 2.23. The smallest absolute Gasteiger partial charge is 0.159 e. The Morgan fingerprint density at radius 3 is 2.53 bits per heavy atom. The minimum absolute atomic E-state index is 0.00358. The Kier molecular flexibility index (Phi) is 8.51. The molecule has 1 N–H and O–H groups in total. The molecular weight excluding hydrogens is 404 g/mol. The summed E-state index contributed by atoms with van der Waals surface area (Å²) in [4.78, 5) is 16.0. The Bertz CT molecular complexity index is 824. The molecule has 162 valence electrons. The Hall–Kier alpha value is -2.12. The van der Waals surface area contributed by atoms with Crippen LogP contribution in [0.25, 0.3) is 0 Å². The molecule has 3 rings (SSSR count). The van der Waals surface area contributed by atoms with Crippen LogP contribution in [0.15, 0.2) is 48.5 Å². The number of piperazine rings is 1. The van der Waals surface area contributed by atoms with Crippen LogP contribution >= 0.6 is 11.6 Å². The molecule has 1 aliphatic rings. The van der Waals surface area contributed by atoms with Gasteiger partial charge in [-0.15, -0.1) is 0 Å². The second-order valence-corrected chi connectivity index (χ2v) is 7.88. The molecule has 0 saturated carbocycles. The van der Waals surface area contributed by atoms with E-state index in [1.54, 1.807) is 24.3 Å². The predicted octanol–water partition coefficient (Wildman–Crippen LogP) is 2.98. The number of ketones is 1. The van der Waals surface area contributed by atoms with Gasteiger partial charge < -0.3 is 14.6 Å². The largest absolute Gasteiger partial charge is 0.491 e. The minimum atomic E-state index is -0.582. The molecule has 0 aromatic heterocycles. The fourth-order valence-electron chi connectivity index (χ4n) is 3.39. The molecule has 2 aromatic rings. The van der Waals surface area contributed by atoms with Crippen LogP contribution in [-0.2, 0) is 0 Å². The van der Waals surface area contributed by atoms with Crippen LogP contribution in [0.5, 0.6) is 11.5 Å². The maximum Gasteiger partial charge on any atom is 0.159 e. The second kappa shape index (κ2) is 11.3. The third-order valence-corrected chi connectivity index (χ3v) is 5.43. The molecule has 2 aromatic carbocycles. The molecule has 1 aliphatic heterocycles. The lowest BCUT2D eigenvalue weighted by molar-refractivity contribution is 0.0436. The van der Waals surface area contributed by atoms with Crippen molar-refractivity contribution < 1.29 is 19.4 Å². The monoisotopic (exact) mass is 432 g/mol. The predicted molar refractivity (Wildman–Crippen MR) is 118 cm³/mol. The summed E-state index contributed by atoms with van der Waals surface area (Å²) in [6.07, 6.45) is -0.582. The summed E-state index contributed by atoms with van der Waals surface area (Å²) in [6, 6.07) is 14.5. The average Bonchev–Trinajstić information content (AvgIpc) is 2.75. The zero-order chi connectivity index (χ0) is 21.3. The van der Waals surface area contributed by atoms with Gasteiger partial charge in [0.2, 0.25) is 0 Å². The molecule has 1 fully saturated rings. The first-order valence-electron chi connectivity index (χ1n) is 10.2. The van der Waals surface area contributed by atoms with Gasteiger partial charge in [-0.25, -0.2) is 0 Å². The third-order valence-electron chi connectivity index (χ3n) is 5.12. The lowest BCUT2D eigenvalue weighted by Gasteiger charge is -2.35. The zero-order valence-electron chi connectivity index (χ0n) is 17.3. The first kappa shape index (κ1) is 22.6. The number of nitrogens with zero attached hydrogens (tertiary/aromatic N) is 2. The number of aliphatic hydroxyl groups is 1. The zero-order valence-corrected chi connectivity index (χ0v) is 18.1. The number of aliphatic hydroxyl groups excluding tert-OH is 1. The van der Waals surface area contributed by atoms with E-state index in [9.17, 15) is 9.90 Å². The van der Waals surface area contributed by atoms with Gasteiger partial charge in [-0.3, -0.25) is 14.6 Å². The van der Waals surface area contributed by atoms with Gasteiger partial charge in [0.25, 0.3) is 0 Å². The maximum atomic E-state index is 11.4. The number of rotatable bonds is 10. The highest BCUT2D eigenvalue weighted by Gasteiger charge is 2.19. The van der Waals surface area contributed by atoms with Crippen LogP contribution in [-0.4, -0.2) is 79.3 Å². The topological polar surface area (TPSA) is 62.2 Å². The lowest BCUT2D eigenvalue weighted by atomic mass is 10.1. The number of carbonyl (C=O) groups is 1. The minimum Gasteiger partial charge on any atom is -0.491 e. The van der Waals surface area contributed by atoms with E-state index >= 15 is 0 Å². The number of carbonyl (C=O) groups excluding carboxylic acids is 1. The van der Waals surface area contributed by atoms with E-state index in [0.29, 0.717) is 29.5 Å². The van der Waals surface area contributed by atoms with E-state index in [1.807, 2.05) is 24.3 Å². The second-order valence-electron chi connectivity index (χ2n) is 7.47. The van der Waals surface area contributed by atoms with E-state index < -0.39 is 6.10 Å². The van der Waals surface area contributed by atoms with E-state index in [0.717, 1.165) is 38.5 Å². The van der Waals surface area contributed by atoms with E-state index in [4.69, 9.17) is 21.1 Å². The van der Waals surface area contributed by atoms with E-state index in [2.05, 4.69) is 9.80 Å². The average molecular weight is 433 g/mol. The molecule has 1 saturated heterocycles. The normalized spacial score (nSPS) is 16.2. The van der Waals surface area contributed by atoms with Crippen molar-refractivity contribution in [1.82, 2.24) is 9.80 Å².